The summed E-state index contributed by atoms with van der Waals surface area (Å²) in [5, 5.41) is 14.7. The van der Waals surface area contributed by atoms with Crippen LogP contribution in [0.3, 0.4) is 0 Å². The Hall–Kier alpha value is -3.10. The maximum absolute atomic E-state index is 12.5. The molecule has 0 saturated heterocycles. The number of amides is 1. The number of carbonyl (C=O) groups is 1. The molecule has 2 heterocycles. The lowest BCUT2D eigenvalue weighted by molar-refractivity contribution is -0.113. The van der Waals surface area contributed by atoms with Gasteiger partial charge in [-0.25, -0.2) is 0 Å². The molecule has 4 rings (SSSR count). The topological polar surface area (TPSA) is 69.0 Å². The van der Waals surface area contributed by atoms with E-state index in [1.807, 2.05) is 49.4 Å². The number of thiophene rings is 1. The van der Waals surface area contributed by atoms with Crippen LogP contribution in [0, 0.1) is 6.92 Å². The fourth-order valence-electron chi connectivity index (χ4n) is 3.59. The zero-order valence-electron chi connectivity index (χ0n) is 18.9. The van der Waals surface area contributed by atoms with Crippen molar-refractivity contribution in [3.8, 4) is 28.3 Å². The summed E-state index contributed by atoms with van der Waals surface area (Å²) in [6.07, 6.45) is 0. The third kappa shape index (κ3) is 5.29. The standard InChI is InChI=1S/C25H26N4O2S2/c1-4-29-24(21-15-32-17(3)23(21)18-9-7-6-8-10-18)27-28-25(29)33-16-22(30)26-19-11-13-20(14-12-19)31-5-2/h6-15H,4-5,16H2,1-3H3,(H,26,30). The molecule has 6 nitrogen and oxygen atoms in total. The molecule has 4 aromatic rings. The first-order valence-corrected chi connectivity index (χ1v) is 12.7. The molecule has 0 spiro atoms. The number of anilines is 1. The van der Waals surface area contributed by atoms with Crippen molar-refractivity contribution in [2.45, 2.75) is 32.5 Å². The Labute approximate surface area is 202 Å². The molecule has 0 aliphatic rings. The maximum Gasteiger partial charge on any atom is 0.234 e. The first-order chi connectivity index (χ1) is 16.1. The minimum atomic E-state index is -0.0901. The number of nitrogens with one attached hydrogen (secondary N) is 1. The zero-order chi connectivity index (χ0) is 23.2. The van der Waals surface area contributed by atoms with E-state index in [1.54, 1.807) is 11.3 Å². The van der Waals surface area contributed by atoms with Crippen molar-refractivity contribution < 1.29 is 9.53 Å². The van der Waals surface area contributed by atoms with Crippen LogP contribution < -0.4 is 10.1 Å². The molecular weight excluding hydrogens is 452 g/mol. The van der Waals surface area contributed by atoms with E-state index >= 15 is 0 Å². The smallest absolute Gasteiger partial charge is 0.234 e. The number of benzene rings is 2. The van der Waals surface area contributed by atoms with Crippen molar-refractivity contribution in [1.82, 2.24) is 14.8 Å². The SMILES string of the molecule is CCOc1ccc(NC(=O)CSc2nnc(-c3csc(C)c3-c3ccccc3)n2CC)cc1. The summed E-state index contributed by atoms with van der Waals surface area (Å²) in [5.74, 6) is 1.77. The van der Waals surface area contributed by atoms with E-state index in [0.29, 0.717) is 13.2 Å². The Morgan fingerprint density at radius 1 is 1.09 bits per heavy atom. The Morgan fingerprint density at radius 2 is 1.85 bits per heavy atom. The molecule has 0 radical (unpaired) electrons. The van der Waals surface area contributed by atoms with Crippen LogP contribution in [-0.2, 0) is 11.3 Å². The van der Waals surface area contributed by atoms with Crippen molar-refractivity contribution in [1.29, 1.82) is 0 Å². The average molecular weight is 479 g/mol. The lowest BCUT2D eigenvalue weighted by Crippen LogP contribution is -2.14. The second-order valence-corrected chi connectivity index (χ2v) is 9.32. The van der Waals surface area contributed by atoms with Crippen LogP contribution in [0.15, 0.2) is 65.1 Å². The summed E-state index contributed by atoms with van der Waals surface area (Å²) in [4.78, 5) is 13.7. The number of aromatic nitrogens is 3. The van der Waals surface area contributed by atoms with Gasteiger partial charge < -0.3 is 14.6 Å². The highest BCUT2D eigenvalue weighted by Crippen LogP contribution is 2.39. The lowest BCUT2D eigenvalue weighted by Gasteiger charge is -2.10. The number of hydrogen-bond donors (Lipinski definition) is 1. The van der Waals surface area contributed by atoms with Gasteiger partial charge >= 0.3 is 0 Å². The lowest BCUT2D eigenvalue weighted by atomic mass is 10.0. The average Bonchev–Trinajstić information content (AvgIpc) is 3.42. The minimum Gasteiger partial charge on any atom is -0.494 e. The van der Waals surface area contributed by atoms with Gasteiger partial charge in [0, 0.05) is 33.6 Å². The molecule has 0 saturated carbocycles. The molecule has 33 heavy (non-hydrogen) atoms. The fraction of sp³-hybridized carbons (Fsp3) is 0.240. The molecule has 1 amide bonds. The molecule has 0 fully saturated rings. The van der Waals surface area contributed by atoms with Gasteiger partial charge in [0.25, 0.3) is 0 Å². The summed E-state index contributed by atoms with van der Waals surface area (Å²) in [6.45, 7) is 7.46. The highest BCUT2D eigenvalue weighted by molar-refractivity contribution is 7.99. The van der Waals surface area contributed by atoms with Gasteiger partial charge in [0.15, 0.2) is 11.0 Å². The molecule has 0 atom stereocenters. The van der Waals surface area contributed by atoms with Crippen molar-refractivity contribution in [2.75, 3.05) is 17.7 Å². The van der Waals surface area contributed by atoms with Crippen molar-refractivity contribution in [3.05, 3.63) is 64.9 Å². The summed E-state index contributed by atoms with van der Waals surface area (Å²) in [6, 6.07) is 17.7. The van der Waals surface area contributed by atoms with Gasteiger partial charge in [0.05, 0.1) is 12.4 Å². The number of aryl methyl sites for hydroxylation is 1. The van der Waals surface area contributed by atoms with Crippen molar-refractivity contribution in [2.24, 2.45) is 0 Å². The second-order valence-electron chi connectivity index (χ2n) is 7.29. The maximum atomic E-state index is 12.5. The number of ether oxygens (including phenoxy) is 1. The van der Waals surface area contributed by atoms with E-state index in [2.05, 4.69) is 51.4 Å². The molecule has 0 aliphatic heterocycles. The third-order valence-corrected chi connectivity index (χ3v) is 6.97. The number of thioether (sulfide) groups is 1. The van der Waals surface area contributed by atoms with Gasteiger partial charge in [-0.3, -0.25) is 4.79 Å². The van der Waals surface area contributed by atoms with E-state index in [-0.39, 0.29) is 11.7 Å². The van der Waals surface area contributed by atoms with Gasteiger partial charge in [-0.2, -0.15) is 0 Å². The predicted molar refractivity (Wildman–Crippen MR) is 136 cm³/mol. The normalized spacial score (nSPS) is 10.9. The van der Waals surface area contributed by atoms with E-state index < -0.39 is 0 Å². The van der Waals surface area contributed by atoms with Gasteiger partial charge in [-0.15, -0.1) is 21.5 Å². The van der Waals surface area contributed by atoms with Gasteiger partial charge in [0.2, 0.25) is 5.91 Å². The molecule has 1 N–H and O–H groups in total. The quantitative estimate of drug-likeness (QED) is 0.293. The van der Waals surface area contributed by atoms with Gasteiger partial charge in [0.1, 0.15) is 5.75 Å². The van der Waals surface area contributed by atoms with Crippen molar-refractivity contribution in [3.63, 3.8) is 0 Å². The number of nitrogens with zero attached hydrogens (tertiary/aromatic N) is 3. The molecule has 2 aromatic carbocycles. The summed E-state index contributed by atoms with van der Waals surface area (Å²) in [5.41, 5.74) is 4.17. The minimum absolute atomic E-state index is 0.0901. The Kier molecular flexibility index (Phi) is 7.47. The molecule has 0 bridgehead atoms. The Bertz CT molecular complexity index is 1220. The zero-order valence-corrected chi connectivity index (χ0v) is 20.5. The molecule has 170 valence electrons. The molecule has 2 aromatic heterocycles. The van der Waals surface area contributed by atoms with Crippen LogP contribution in [-0.4, -0.2) is 33.0 Å². The van der Waals surface area contributed by atoms with Crippen LogP contribution in [0.25, 0.3) is 22.5 Å². The van der Waals surface area contributed by atoms with Gasteiger partial charge in [-0.1, -0.05) is 42.1 Å². The number of carbonyl (C=O) groups excluding carboxylic acids is 1. The third-order valence-electron chi connectivity index (χ3n) is 5.09. The van der Waals surface area contributed by atoms with E-state index in [1.165, 1.54) is 27.8 Å². The highest BCUT2D eigenvalue weighted by Gasteiger charge is 2.20. The largest absolute Gasteiger partial charge is 0.494 e. The van der Waals surface area contributed by atoms with Crippen LogP contribution in [0.1, 0.15) is 18.7 Å². The van der Waals surface area contributed by atoms with Crippen LogP contribution in [0.5, 0.6) is 5.75 Å². The second kappa shape index (κ2) is 10.7. The number of hydrogen-bond acceptors (Lipinski definition) is 6. The van der Waals surface area contributed by atoms with Crippen LogP contribution in [0.2, 0.25) is 0 Å². The van der Waals surface area contributed by atoms with Crippen LogP contribution in [0.4, 0.5) is 5.69 Å². The first-order valence-electron chi connectivity index (χ1n) is 10.8. The first kappa shape index (κ1) is 23.1. The monoisotopic (exact) mass is 478 g/mol. The summed E-state index contributed by atoms with van der Waals surface area (Å²) in [7, 11) is 0. The van der Waals surface area contributed by atoms with E-state index in [0.717, 1.165) is 28.0 Å². The van der Waals surface area contributed by atoms with E-state index in [9.17, 15) is 4.79 Å². The summed E-state index contributed by atoms with van der Waals surface area (Å²) >= 11 is 3.10. The Balaban J connectivity index is 1.48. The Morgan fingerprint density at radius 3 is 2.55 bits per heavy atom. The van der Waals surface area contributed by atoms with Crippen LogP contribution >= 0.6 is 23.1 Å². The fourth-order valence-corrected chi connectivity index (χ4v) is 5.26. The van der Waals surface area contributed by atoms with Gasteiger partial charge in [-0.05, 0) is 50.6 Å². The van der Waals surface area contributed by atoms with E-state index in [4.69, 9.17) is 4.74 Å². The summed E-state index contributed by atoms with van der Waals surface area (Å²) < 4.78 is 7.51. The molecule has 0 aliphatic carbocycles. The van der Waals surface area contributed by atoms with Crippen molar-refractivity contribution >= 4 is 34.7 Å². The molecular formula is C25H26N4O2S2. The number of rotatable bonds is 9. The molecule has 8 heteroatoms. The molecule has 0 unspecified atom stereocenters. The highest BCUT2D eigenvalue weighted by atomic mass is 32.2. The predicted octanol–water partition coefficient (Wildman–Crippen LogP) is 6.13.